The molecule has 11 heavy (non-hydrogen) atoms. The van der Waals surface area contributed by atoms with E-state index in [0.29, 0.717) is 5.82 Å². The van der Waals surface area contributed by atoms with E-state index in [9.17, 15) is 4.79 Å². The summed E-state index contributed by atoms with van der Waals surface area (Å²) in [5, 5.41) is 14.7. The van der Waals surface area contributed by atoms with Crippen molar-refractivity contribution in [3.05, 3.63) is 12.2 Å². The van der Waals surface area contributed by atoms with Gasteiger partial charge in [-0.15, -0.1) is 0 Å². The molecule has 0 aliphatic heterocycles. The van der Waals surface area contributed by atoms with Crippen LogP contribution in [-0.2, 0) is 4.79 Å². The van der Waals surface area contributed by atoms with Gasteiger partial charge in [-0.25, -0.2) is 4.98 Å². The highest BCUT2D eigenvalue weighted by molar-refractivity contribution is 5.67. The van der Waals surface area contributed by atoms with Crippen molar-refractivity contribution in [1.82, 2.24) is 15.2 Å². The average Bonchev–Trinajstić information content (AvgIpc) is 2.35. The summed E-state index contributed by atoms with van der Waals surface area (Å²) in [5.74, 6) is -0.309. The van der Waals surface area contributed by atoms with E-state index >= 15 is 0 Å². The third-order valence-corrected chi connectivity index (χ3v) is 1.38. The van der Waals surface area contributed by atoms with Crippen molar-refractivity contribution in [3.63, 3.8) is 0 Å². The Balaban J connectivity index is 2.56. The Bertz CT molecular complexity index is 232. The molecule has 0 saturated heterocycles. The highest BCUT2D eigenvalue weighted by Gasteiger charge is 2.11. The van der Waals surface area contributed by atoms with E-state index < -0.39 is 5.97 Å². The maximum absolute atomic E-state index is 10.2. The molecule has 0 aromatic carbocycles. The smallest absolute Gasteiger partial charge is 0.304 e. The molecule has 0 fully saturated rings. The number of H-pyrrole nitrogens is 1. The quantitative estimate of drug-likeness (QED) is 0.661. The minimum absolute atomic E-state index is 0.0786. The molecule has 1 aromatic heterocycles. The summed E-state index contributed by atoms with van der Waals surface area (Å²) in [7, 11) is 0. The van der Waals surface area contributed by atoms with Crippen LogP contribution in [0.15, 0.2) is 6.33 Å². The molecule has 1 aromatic rings. The van der Waals surface area contributed by atoms with Crippen LogP contribution in [0.25, 0.3) is 0 Å². The van der Waals surface area contributed by atoms with Crippen molar-refractivity contribution in [2.45, 2.75) is 19.3 Å². The number of rotatable bonds is 3. The van der Waals surface area contributed by atoms with Gasteiger partial charge in [-0.2, -0.15) is 5.10 Å². The van der Waals surface area contributed by atoms with Gasteiger partial charge in [0.05, 0.1) is 6.42 Å². The first-order valence-corrected chi connectivity index (χ1v) is 3.27. The van der Waals surface area contributed by atoms with Crippen LogP contribution >= 0.6 is 0 Å². The second-order valence-electron chi connectivity index (χ2n) is 2.37. The number of aromatic amines is 1. The second kappa shape index (κ2) is 3.14. The van der Waals surface area contributed by atoms with Gasteiger partial charge in [0.1, 0.15) is 12.2 Å². The summed E-state index contributed by atoms with van der Waals surface area (Å²) in [4.78, 5) is 14.1. The molecule has 0 radical (unpaired) electrons. The molecule has 0 spiro atoms. The molecule has 60 valence electrons. The van der Waals surface area contributed by atoms with Crippen LogP contribution in [0, 0.1) is 0 Å². The van der Waals surface area contributed by atoms with Crippen LogP contribution in [-0.4, -0.2) is 26.3 Å². The number of carboxylic acid groups (broad SMARTS) is 1. The van der Waals surface area contributed by atoms with Crippen LogP contribution in [0.5, 0.6) is 0 Å². The molecule has 0 amide bonds. The van der Waals surface area contributed by atoms with Gasteiger partial charge in [0.2, 0.25) is 0 Å². The van der Waals surface area contributed by atoms with E-state index in [1.807, 2.05) is 0 Å². The summed E-state index contributed by atoms with van der Waals surface area (Å²) in [6.45, 7) is 1.79. The van der Waals surface area contributed by atoms with Crippen molar-refractivity contribution in [2.24, 2.45) is 0 Å². The number of aromatic nitrogens is 3. The van der Waals surface area contributed by atoms with E-state index in [-0.39, 0.29) is 12.3 Å². The van der Waals surface area contributed by atoms with Gasteiger partial charge in [-0.05, 0) is 0 Å². The largest absolute Gasteiger partial charge is 0.481 e. The number of hydrogen-bond donors (Lipinski definition) is 2. The third-order valence-electron chi connectivity index (χ3n) is 1.38. The average molecular weight is 155 g/mol. The Hall–Kier alpha value is -1.39. The molecule has 0 aliphatic rings. The predicted molar refractivity (Wildman–Crippen MR) is 37.1 cm³/mol. The van der Waals surface area contributed by atoms with E-state index in [2.05, 4.69) is 15.2 Å². The summed E-state index contributed by atoms with van der Waals surface area (Å²) >= 11 is 0. The van der Waals surface area contributed by atoms with Gasteiger partial charge in [-0.1, -0.05) is 6.92 Å². The van der Waals surface area contributed by atoms with Crippen LogP contribution < -0.4 is 0 Å². The first kappa shape index (κ1) is 7.71. The third kappa shape index (κ3) is 2.03. The van der Waals surface area contributed by atoms with E-state index in [4.69, 9.17) is 5.11 Å². The lowest BCUT2D eigenvalue weighted by atomic mass is 10.1. The van der Waals surface area contributed by atoms with Gasteiger partial charge >= 0.3 is 5.97 Å². The van der Waals surface area contributed by atoms with Crippen molar-refractivity contribution in [2.75, 3.05) is 0 Å². The molecule has 1 heterocycles. The number of nitrogens with zero attached hydrogens (tertiary/aromatic N) is 2. The van der Waals surface area contributed by atoms with E-state index in [1.54, 1.807) is 6.92 Å². The van der Waals surface area contributed by atoms with Crippen LogP contribution in [0.3, 0.4) is 0 Å². The van der Waals surface area contributed by atoms with Crippen molar-refractivity contribution in [3.8, 4) is 0 Å². The number of hydrogen-bond acceptors (Lipinski definition) is 3. The lowest BCUT2D eigenvalue weighted by Crippen LogP contribution is -2.04. The molecule has 0 saturated carbocycles. The monoisotopic (exact) mass is 155 g/mol. The molecule has 0 aliphatic carbocycles. The number of aliphatic carboxylic acids is 1. The summed E-state index contributed by atoms with van der Waals surface area (Å²) < 4.78 is 0. The highest BCUT2D eigenvalue weighted by atomic mass is 16.4. The Morgan fingerprint density at radius 1 is 1.91 bits per heavy atom. The van der Waals surface area contributed by atoms with Gasteiger partial charge in [0.15, 0.2) is 0 Å². The molecule has 1 rings (SSSR count). The van der Waals surface area contributed by atoms with Crippen LogP contribution in [0.4, 0.5) is 0 Å². The van der Waals surface area contributed by atoms with Gasteiger partial charge < -0.3 is 5.11 Å². The molecule has 1 unspecified atom stereocenters. The predicted octanol–water partition coefficient (Wildman–Crippen LogP) is 0.383. The SMILES string of the molecule is CC(CC(=O)O)c1ncn[nH]1. The van der Waals surface area contributed by atoms with Gasteiger partial charge in [0, 0.05) is 5.92 Å². The Morgan fingerprint density at radius 2 is 2.64 bits per heavy atom. The maximum atomic E-state index is 10.2. The zero-order valence-corrected chi connectivity index (χ0v) is 6.11. The molecule has 5 heteroatoms. The molecule has 2 N–H and O–H groups in total. The Labute approximate surface area is 63.5 Å². The molecule has 0 bridgehead atoms. The van der Waals surface area contributed by atoms with Gasteiger partial charge in [0.25, 0.3) is 0 Å². The number of carboxylic acids is 1. The Morgan fingerprint density at radius 3 is 3.09 bits per heavy atom. The molecule has 1 atom stereocenters. The topological polar surface area (TPSA) is 78.9 Å². The summed E-state index contributed by atoms with van der Waals surface area (Å²) in [5.41, 5.74) is 0. The van der Waals surface area contributed by atoms with Crippen LogP contribution in [0.2, 0.25) is 0 Å². The summed E-state index contributed by atoms with van der Waals surface area (Å²) in [6, 6.07) is 0. The zero-order valence-electron chi connectivity index (χ0n) is 6.11. The Kier molecular flexibility index (Phi) is 2.20. The minimum Gasteiger partial charge on any atom is -0.481 e. The lowest BCUT2D eigenvalue weighted by Gasteiger charge is -2.01. The van der Waals surface area contributed by atoms with Crippen molar-refractivity contribution >= 4 is 5.97 Å². The fourth-order valence-corrected chi connectivity index (χ4v) is 0.811. The molecule has 5 nitrogen and oxygen atoms in total. The first-order valence-electron chi connectivity index (χ1n) is 3.27. The second-order valence-corrected chi connectivity index (χ2v) is 2.37. The van der Waals surface area contributed by atoms with Crippen molar-refractivity contribution in [1.29, 1.82) is 0 Å². The highest BCUT2D eigenvalue weighted by Crippen LogP contribution is 2.12. The van der Waals surface area contributed by atoms with Crippen molar-refractivity contribution < 1.29 is 9.90 Å². The van der Waals surface area contributed by atoms with E-state index in [1.165, 1.54) is 6.33 Å². The molecular weight excluding hydrogens is 146 g/mol. The number of carbonyl (C=O) groups is 1. The lowest BCUT2D eigenvalue weighted by molar-refractivity contribution is -0.137. The standard InChI is InChI=1S/C6H9N3O2/c1-4(2-5(10)11)6-7-3-8-9-6/h3-4H,2H2,1H3,(H,10,11)(H,7,8,9). The van der Waals surface area contributed by atoms with Gasteiger partial charge in [-0.3, -0.25) is 9.89 Å². The van der Waals surface area contributed by atoms with Crippen LogP contribution in [0.1, 0.15) is 25.1 Å². The fourth-order valence-electron chi connectivity index (χ4n) is 0.811. The number of nitrogens with one attached hydrogen (secondary N) is 1. The first-order chi connectivity index (χ1) is 5.20. The minimum atomic E-state index is -0.825. The van der Waals surface area contributed by atoms with E-state index in [0.717, 1.165) is 0 Å². The maximum Gasteiger partial charge on any atom is 0.304 e. The molecular formula is C6H9N3O2. The normalized spacial score (nSPS) is 12.8. The summed E-state index contributed by atoms with van der Waals surface area (Å²) in [6.07, 6.45) is 1.45. The fraction of sp³-hybridized carbons (Fsp3) is 0.500. The zero-order chi connectivity index (χ0) is 8.27.